The van der Waals surface area contributed by atoms with Crippen molar-refractivity contribution < 1.29 is 4.79 Å². The number of thiazole rings is 1. The van der Waals surface area contributed by atoms with Gasteiger partial charge in [-0.3, -0.25) is 9.78 Å². The smallest absolute Gasteiger partial charge is 0.225 e. The van der Waals surface area contributed by atoms with Crippen LogP contribution in [0, 0.1) is 5.92 Å². The van der Waals surface area contributed by atoms with E-state index < -0.39 is 0 Å². The normalized spacial score (nSPS) is 14.2. The summed E-state index contributed by atoms with van der Waals surface area (Å²) in [7, 11) is 0. The molecule has 0 bridgehead atoms. The Balaban J connectivity index is 1.79. The number of hydrogen-bond acceptors (Lipinski definition) is 4. The van der Waals surface area contributed by atoms with Crippen molar-refractivity contribution in [2.75, 3.05) is 5.32 Å². The summed E-state index contributed by atoms with van der Waals surface area (Å²) in [6, 6.07) is 3.88. The van der Waals surface area contributed by atoms with Gasteiger partial charge in [0, 0.05) is 28.8 Å². The first-order valence-corrected chi connectivity index (χ1v) is 8.86. The lowest BCUT2D eigenvalue weighted by Gasteiger charge is -2.02. The van der Waals surface area contributed by atoms with E-state index >= 15 is 0 Å². The number of halogens is 1. The highest BCUT2D eigenvalue weighted by atomic mass is 127. The molecular weight excluding hydrogens is 385 g/mol. The number of carbonyl (C=O) groups excluding carboxylic acids is 1. The van der Waals surface area contributed by atoms with Crippen molar-refractivity contribution in [3.63, 3.8) is 0 Å². The van der Waals surface area contributed by atoms with Crippen molar-refractivity contribution in [3.8, 4) is 10.6 Å². The van der Waals surface area contributed by atoms with E-state index in [1.54, 1.807) is 12.4 Å². The van der Waals surface area contributed by atoms with Crippen LogP contribution in [-0.2, 0) is 9.22 Å². The second kappa shape index (κ2) is 6.17. The summed E-state index contributed by atoms with van der Waals surface area (Å²) in [5, 5.41) is 4.80. The lowest BCUT2D eigenvalue weighted by atomic mass is 10.3. The highest BCUT2D eigenvalue weighted by Crippen LogP contribution is 2.35. The molecule has 0 saturated heterocycles. The quantitative estimate of drug-likeness (QED) is 0.614. The summed E-state index contributed by atoms with van der Waals surface area (Å²) in [6.45, 7) is 0. The number of rotatable bonds is 5. The van der Waals surface area contributed by atoms with Gasteiger partial charge in [0.15, 0.2) is 0 Å². The van der Waals surface area contributed by atoms with Gasteiger partial charge < -0.3 is 5.32 Å². The van der Waals surface area contributed by atoms with Gasteiger partial charge in [-0.15, -0.1) is 0 Å². The highest BCUT2D eigenvalue weighted by Gasteiger charge is 2.25. The van der Waals surface area contributed by atoms with Gasteiger partial charge in [0.05, 0.1) is 5.69 Å². The number of amides is 1. The first-order valence-electron chi connectivity index (χ1n) is 6.52. The molecule has 1 aliphatic rings. The van der Waals surface area contributed by atoms with Crippen LogP contribution in [0.4, 0.5) is 5.00 Å². The van der Waals surface area contributed by atoms with E-state index in [4.69, 9.17) is 0 Å². The van der Waals surface area contributed by atoms with Gasteiger partial charge in [-0.25, -0.2) is 4.98 Å². The first-order chi connectivity index (χ1) is 9.76. The molecule has 1 saturated carbocycles. The molecule has 0 atom stereocenters. The summed E-state index contributed by atoms with van der Waals surface area (Å²) >= 11 is 3.80. The fraction of sp³-hybridized carbons (Fsp3) is 0.357. The fourth-order valence-electron chi connectivity index (χ4n) is 1.91. The van der Waals surface area contributed by atoms with E-state index in [-0.39, 0.29) is 5.91 Å². The minimum absolute atomic E-state index is 0.111. The van der Waals surface area contributed by atoms with Gasteiger partial charge in [-0.2, -0.15) is 0 Å². The zero-order valence-electron chi connectivity index (χ0n) is 10.8. The minimum Gasteiger partial charge on any atom is -0.316 e. The molecule has 1 N–H and O–H groups in total. The minimum atomic E-state index is 0.111. The molecule has 0 aliphatic heterocycles. The van der Waals surface area contributed by atoms with E-state index in [0.29, 0.717) is 12.3 Å². The Hall–Kier alpha value is -1.02. The standard InChI is InChI=1S/C14H14IN3OS/c15-7-11-14(18-12(19)6-9-3-4-9)20-13(17-11)10-2-1-5-16-8-10/h1-2,5,8-9H,3-4,6-7H2,(H,18,19). The Morgan fingerprint density at radius 3 is 3.00 bits per heavy atom. The third kappa shape index (κ3) is 3.35. The van der Waals surface area contributed by atoms with Crippen LogP contribution < -0.4 is 5.32 Å². The van der Waals surface area contributed by atoms with Crippen LogP contribution in [0.2, 0.25) is 0 Å². The molecule has 1 amide bonds. The SMILES string of the molecule is O=C(CC1CC1)Nc1sc(-c2cccnc2)nc1CI. The lowest BCUT2D eigenvalue weighted by Crippen LogP contribution is -2.11. The van der Waals surface area contributed by atoms with E-state index in [1.807, 2.05) is 12.1 Å². The number of carbonyl (C=O) groups is 1. The van der Waals surface area contributed by atoms with Crippen LogP contribution in [0.25, 0.3) is 10.6 Å². The summed E-state index contributed by atoms with van der Waals surface area (Å²) in [6.07, 6.45) is 6.56. The molecule has 6 heteroatoms. The monoisotopic (exact) mass is 399 g/mol. The summed E-state index contributed by atoms with van der Waals surface area (Å²) in [5.41, 5.74) is 1.94. The molecule has 0 radical (unpaired) electrons. The zero-order chi connectivity index (χ0) is 13.9. The third-order valence-electron chi connectivity index (χ3n) is 3.16. The highest BCUT2D eigenvalue weighted by molar-refractivity contribution is 14.1. The number of alkyl halides is 1. The van der Waals surface area contributed by atoms with Gasteiger partial charge in [0.25, 0.3) is 0 Å². The van der Waals surface area contributed by atoms with Crippen molar-refractivity contribution in [2.24, 2.45) is 5.92 Å². The number of aromatic nitrogens is 2. The Labute approximate surface area is 135 Å². The molecule has 3 rings (SSSR count). The molecule has 1 fully saturated rings. The maximum absolute atomic E-state index is 11.9. The van der Waals surface area contributed by atoms with Crippen LogP contribution in [0.15, 0.2) is 24.5 Å². The first kappa shape index (κ1) is 13.9. The average Bonchev–Trinajstić information content (AvgIpc) is 3.18. The fourth-order valence-corrected chi connectivity index (χ4v) is 3.71. The number of anilines is 1. The molecule has 1 aliphatic carbocycles. The molecule has 2 aromatic rings. The van der Waals surface area contributed by atoms with E-state index in [2.05, 4.69) is 37.9 Å². The van der Waals surface area contributed by atoms with Crippen LogP contribution in [0.1, 0.15) is 25.0 Å². The van der Waals surface area contributed by atoms with E-state index in [0.717, 1.165) is 25.7 Å². The topological polar surface area (TPSA) is 54.9 Å². The Bertz CT molecular complexity index is 610. The van der Waals surface area contributed by atoms with Gasteiger partial charge >= 0.3 is 0 Å². The molecule has 4 nitrogen and oxygen atoms in total. The van der Waals surface area contributed by atoms with Gasteiger partial charge in [-0.1, -0.05) is 33.9 Å². The van der Waals surface area contributed by atoms with Gasteiger partial charge in [0.2, 0.25) is 5.91 Å². The molecule has 0 spiro atoms. The number of hydrogen-bond donors (Lipinski definition) is 1. The Morgan fingerprint density at radius 2 is 2.35 bits per heavy atom. The van der Waals surface area contributed by atoms with E-state index in [9.17, 15) is 4.79 Å². The second-order valence-corrected chi connectivity index (χ2v) is 6.63. The zero-order valence-corrected chi connectivity index (χ0v) is 13.8. The maximum atomic E-state index is 11.9. The Morgan fingerprint density at radius 1 is 1.50 bits per heavy atom. The Kier molecular flexibility index (Phi) is 4.30. The van der Waals surface area contributed by atoms with Crippen LogP contribution in [-0.4, -0.2) is 15.9 Å². The molecule has 0 aromatic carbocycles. The van der Waals surface area contributed by atoms with Crippen molar-refractivity contribution in [1.29, 1.82) is 0 Å². The van der Waals surface area contributed by atoms with Crippen LogP contribution >= 0.6 is 33.9 Å². The van der Waals surface area contributed by atoms with Crippen molar-refractivity contribution in [2.45, 2.75) is 23.7 Å². The molecule has 0 unspecified atom stereocenters. The molecule has 20 heavy (non-hydrogen) atoms. The molecular formula is C14H14IN3OS. The summed E-state index contributed by atoms with van der Waals surface area (Å²) in [4.78, 5) is 20.6. The largest absolute Gasteiger partial charge is 0.316 e. The van der Waals surface area contributed by atoms with E-state index in [1.165, 1.54) is 24.2 Å². The number of nitrogens with zero attached hydrogens (tertiary/aromatic N) is 2. The van der Waals surface area contributed by atoms with Crippen molar-refractivity contribution >= 4 is 44.8 Å². The van der Waals surface area contributed by atoms with Crippen molar-refractivity contribution in [3.05, 3.63) is 30.2 Å². The molecule has 104 valence electrons. The van der Waals surface area contributed by atoms with Crippen LogP contribution in [0.5, 0.6) is 0 Å². The predicted octanol–water partition coefficient (Wildman–Crippen LogP) is 3.88. The molecule has 2 aromatic heterocycles. The molecule has 2 heterocycles. The number of nitrogens with one attached hydrogen (secondary N) is 1. The van der Waals surface area contributed by atoms with Crippen LogP contribution in [0.3, 0.4) is 0 Å². The summed E-state index contributed by atoms with van der Waals surface area (Å²) < 4.78 is 0.785. The average molecular weight is 399 g/mol. The van der Waals surface area contributed by atoms with Gasteiger partial charge in [-0.05, 0) is 30.9 Å². The number of pyridine rings is 1. The predicted molar refractivity (Wildman–Crippen MR) is 89.0 cm³/mol. The van der Waals surface area contributed by atoms with Crippen molar-refractivity contribution in [1.82, 2.24) is 9.97 Å². The maximum Gasteiger partial charge on any atom is 0.225 e. The third-order valence-corrected chi connectivity index (χ3v) is 4.94. The van der Waals surface area contributed by atoms with Gasteiger partial charge in [0.1, 0.15) is 10.0 Å². The lowest BCUT2D eigenvalue weighted by molar-refractivity contribution is -0.116. The second-order valence-electron chi connectivity index (χ2n) is 4.87. The summed E-state index contributed by atoms with van der Waals surface area (Å²) in [5.74, 6) is 0.712.